The van der Waals surface area contributed by atoms with Gasteiger partial charge < -0.3 is 9.73 Å². The molecular formula is C21H17N5O4. The summed E-state index contributed by atoms with van der Waals surface area (Å²) in [5.41, 5.74) is 1.85. The molecule has 1 amide bonds. The van der Waals surface area contributed by atoms with Gasteiger partial charge in [0, 0.05) is 43.1 Å². The number of aromatic nitrogens is 3. The highest BCUT2D eigenvalue weighted by Gasteiger charge is 2.20. The van der Waals surface area contributed by atoms with Crippen LogP contribution in [0, 0.1) is 10.1 Å². The maximum atomic E-state index is 12.9. The molecule has 0 fully saturated rings. The number of furan rings is 1. The molecular weight excluding hydrogens is 386 g/mol. The first-order chi connectivity index (χ1) is 14.6. The van der Waals surface area contributed by atoms with Gasteiger partial charge >= 0.3 is 0 Å². The number of hydrogen-bond donors (Lipinski definition) is 1. The maximum Gasteiger partial charge on any atom is 0.271 e. The van der Waals surface area contributed by atoms with Gasteiger partial charge in [0.2, 0.25) is 0 Å². The van der Waals surface area contributed by atoms with E-state index in [1.807, 2.05) is 18.2 Å². The first-order valence-electron chi connectivity index (χ1n) is 9.19. The zero-order chi connectivity index (χ0) is 20.9. The Balaban J connectivity index is 1.63. The number of nitro groups is 1. The van der Waals surface area contributed by atoms with Crippen LogP contribution in [0.4, 0.5) is 5.69 Å². The van der Waals surface area contributed by atoms with Gasteiger partial charge in [0.05, 0.1) is 16.9 Å². The predicted octanol–water partition coefficient (Wildman–Crippen LogP) is 3.41. The van der Waals surface area contributed by atoms with Crippen LogP contribution in [0.2, 0.25) is 0 Å². The lowest BCUT2D eigenvalue weighted by Gasteiger charge is -2.08. The average Bonchev–Trinajstić information content (AvgIpc) is 3.44. The maximum absolute atomic E-state index is 12.9. The molecule has 30 heavy (non-hydrogen) atoms. The van der Waals surface area contributed by atoms with Gasteiger partial charge in [-0.25, -0.2) is 4.68 Å². The van der Waals surface area contributed by atoms with Crippen molar-refractivity contribution >= 4 is 11.6 Å². The van der Waals surface area contributed by atoms with Crippen LogP contribution in [0.3, 0.4) is 0 Å². The van der Waals surface area contributed by atoms with Crippen LogP contribution in [0.15, 0.2) is 77.5 Å². The molecule has 9 nitrogen and oxygen atoms in total. The van der Waals surface area contributed by atoms with E-state index < -0.39 is 4.92 Å². The van der Waals surface area contributed by atoms with Crippen LogP contribution in [0.5, 0.6) is 0 Å². The second-order valence-electron chi connectivity index (χ2n) is 6.41. The van der Waals surface area contributed by atoms with Crippen molar-refractivity contribution in [2.75, 3.05) is 6.54 Å². The fraction of sp³-hybridized carbons (Fsp3) is 0.0952. The van der Waals surface area contributed by atoms with Crippen LogP contribution in [0.25, 0.3) is 17.1 Å². The van der Waals surface area contributed by atoms with Crippen LogP contribution >= 0.6 is 0 Å². The van der Waals surface area contributed by atoms with Crippen molar-refractivity contribution in [2.45, 2.75) is 6.42 Å². The summed E-state index contributed by atoms with van der Waals surface area (Å²) in [6, 6.07) is 16.6. The average molecular weight is 403 g/mol. The monoisotopic (exact) mass is 403 g/mol. The number of amides is 1. The molecule has 9 heteroatoms. The predicted molar refractivity (Wildman–Crippen MR) is 108 cm³/mol. The smallest absolute Gasteiger partial charge is 0.271 e. The normalized spacial score (nSPS) is 10.7. The zero-order valence-corrected chi connectivity index (χ0v) is 15.8. The molecule has 0 aliphatic carbocycles. The van der Waals surface area contributed by atoms with Crippen molar-refractivity contribution in [3.8, 4) is 17.1 Å². The number of benzene rings is 1. The van der Waals surface area contributed by atoms with Crippen LogP contribution < -0.4 is 5.32 Å². The molecule has 4 rings (SSSR count). The summed E-state index contributed by atoms with van der Waals surface area (Å²) < 4.78 is 6.76. The SMILES string of the molecule is O=C(NCCc1ccccn1)c1cc(-c2ccco2)nn1-c1cccc([N+](=O)[O-])c1. The Hall–Kier alpha value is -4.27. The molecule has 0 saturated heterocycles. The van der Waals surface area contributed by atoms with E-state index in [1.165, 1.54) is 23.1 Å². The van der Waals surface area contributed by atoms with Gasteiger partial charge in [-0.05, 0) is 30.3 Å². The fourth-order valence-electron chi connectivity index (χ4n) is 2.96. The third-order valence-corrected chi connectivity index (χ3v) is 4.39. The van der Waals surface area contributed by atoms with E-state index in [0.29, 0.717) is 30.1 Å². The van der Waals surface area contributed by atoms with E-state index in [0.717, 1.165) is 5.69 Å². The highest BCUT2D eigenvalue weighted by molar-refractivity contribution is 5.94. The number of carbonyl (C=O) groups is 1. The molecule has 0 spiro atoms. The Morgan fingerprint density at radius 2 is 2.03 bits per heavy atom. The molecule has 0 bridgehead atoms. The quantitative estimate of drug-likeness (QED) is 0.373. The van der Waals surface area contributed by atoms with E-state index in [9.17, 15) is 14.9 Å². The Morgan fingerprint density at radius 1 is 1.13 bits per heavy atom. The largest absolute Gasteiger partial charge is 0.463 e. The van der Waals surface area contributed by atoms with E-state index in [4.69, 9.17) is 4.42 Å². The van der Waals surface area contributed by atoms with Crippen molar-refractivity contribution in [1.29, 1.82) is 0 Å². The number of nitrogens with zero attached hydrogens (tertiary/aromatic N) is 4. The third kappa shape index (κ3) is 4.09. The van der Waals surface area contributed by atoms with Gasteiger partial charge in [0.25, 0.3) is 11.6 Å². The van der Waals surface area contributed by atoms with Crippen molar-refractivity contribution in [2.24, 2.45) is 0 Å². The second kappa shape index (κ2) is 8.39. The minimum Gasteiger partial charge on any atom is -0.463 e. The lowest BCUT2D eigenvalue weighted by molar-refractivity contribution is -0.384. The molecule has 0 saturated carbocycles. The van der Waals surface area contributed by atoms with Crippen LogP contribution in [-0.2, 0) is 6.42 Å². The molecule has 0 aliphatic heterocycles. The molecule has 0 unspecified atom stereocenters. The summed E-state index contributed by atoms with van der Waals surface area (Å²) in [7, 11) is 0. The summed E-state index contributed by atoms with van der Waals surface area (Å²) in [5, 5.41) is 18.4. The molecule has 3 aromatic heterocycles. The minimum absolute atomic E-state index is 0.0935. The number of nitro benzene ring substituents is 1. The summed E-state index contributed by atoms with van der Waals surface area (Å²) in [4.78, 5) is 27.8. The Bertz CT molecular complexity index is 1170. The van der Waals surface area contributed by atoms with Crippen LogP contribution in [0.1, 0.15) is 16.2 Å². The zero-order valence-electron chi connectivity index (χ0n) is 15.8. The van der Waals surface area contributed by atoms with Gasteiger partial charge in [-0.15, -0.1) is 0 Å². The summed E-state index contributed by atoms with van der Waals surface area (Å²) in [6.07, 6.45) is 3.78. The number of rotatable bonds is 7. The summed E-state index contributed by atoms with van der Waals surface area (Å²) >= 11 is 0. The van der Waals surface area contributed by atoms with Crippen molar-refractivity contribution in [3.05, 3.63) is 94.6 Å². The second-order valence-corrected chi connectivity index (χ2v) is 6.41. The molecule has 0 aliphatic rings. The van der Waals surface area contributed by atoms with Crippen molar-refractivity contribution < 1.29 is 14.1 Å². The Morgan fingerprint density at radius 3 is 2.77 bits per heavy atom. The number of non-ortho nitro benzene ring substituents is 1. The highest BCUT2D eigenvalue weighted by atomic mass is 16.6. The van der Waals surface area contributed by atoms with E-state index in [2.05, 4.69) is 15.4 Å². The molecule has 1 aromatic carbocycles. The van der Waals surface area contributed by atoms with E-state index in [1.54, 1.807) is 36.5 Å². The molecule has 150 valence electrons. The summed E-state index contributed by atoms with van der Waals surface area (Å²) in [5.74, 6) is 0.129. The molecule has 0 atom stereocenters. The fourth-order valence-corrected chi connectivity index (χ4v) is 2.96. The molecule has 4 aromatic rings. The van der Waals surface area contributed by atoms with Crippen molar-refractivity contribution in [1.82, 2.24) is 20.1 Å². The topological polar surface area (TPSA) is 116 Å². The minimum atomic E-state index is -0.493. The van der Waals surface area contributed by atoms with Gasteiger partial charge in [0.15, 0.2) is 5.76 Å². The standard InChI is InChI=1S/C21H17N5O4/c27-21(23-11-9-15-5-1-2-10-22-15)19-14-18(20-8-4-12-30-20)24-25(19)16-6-3-7-17(13-16)26(28)29/h1-8,10,12-14H,9,11H2,(H,23,27). The lowest BCUT2D eigenvalue weighted by atomic mass is 10.2. The number of pyridine rings is 1. The number of carbonyl (C=O) groups excluding carboxylic acids is 1. The Kier molecular flexibility index (Phi) is 5.33. The first-order valence-corrected chi connectivity index (χ1v) is 9.19. The molecule has 1 N–H and O–H groups in total. The van der Waals surface area contributed by atoms with Crippen molar-refractivity contribution in [3.63, 3.8) is 0 Å². The third-order valence-electron chi connectivity index (χ3n) is 4.39. The highest BCUT2D eigenvalue weighted by Crippen LogP contribution is 2.24. The number of hydrogen-bond acceptors (Lipinski definition) is 6. The Labute approximate surface area is 171 Å². The van der Waals surface area contributed by atoms with Gasteiger partial charge in [-0.2, -0.15) is 5.10 Å². The number of nitrogens with one attached hydrogen (secondary N) is 1. The van der Waals surface area contributed by atoms with Gasteiger partial charge in [0.1, 0.15) is 11.4 Å². The molecule has 0 radical (unpaired) electrons. The first kappa shape index (κ1) is 19.1. The van der Waals surface area contributed by atoms with Crippen LogP contribution in [-0.4, -0.2) is 32.1 Å². The van der Waals surface area contributed by atoms with Gasteiger partial charge in [-0.3, -0.25) is 19.9 Å². The van der Waals surface area contributed by atoms with E-state index >= 15 is 0 Å². The van der Waals surface area contributed by atoms with E-state index in [-0.39, 0.29) is 17.3 Å². The van der Waals surface area contributed by atoms with Gasteiger partial charge in [-0.1, -0.05) is 12.1 Å². The lowest BCUT2D eigenvalue weighted by Crippen LogP contribution is -2.28. The summed E-state index contributed by atoms with van der Waals surface area (Å²) in [6.45, 7) is 0.381. The molecule has 3 heterocycles.